The quantitative estimate of drug-likeness (QED) is 0.825. The molecule has 3 N–H and O–H groups in total. The lowest BCUT2D eigenvalue weighted by atomic mass is 10.2. The van der Waals surface area contributed by atoms with Gasteiger partial charge in [0.25, 0.3) is 0 Å². The van der Waals surface area contributed by atoms with Crippen LogP contribution in [-0.2, 0) is 7.05 Å². The normalized spacial score (nSPS) is 9.94. The molecule has 2 aromatic rings. The van der Waals surface area contributed by atoms with Gasteiger partial charge in [0, 0.05) is 18.9 Å². The molecule has 0 unspecified atom stereocenters. The van der Waals surface area contributed by atoms with E-state index in [1.54, 1.807) is 24.0 Å². The van der Waals surface area contributed by atoms with E-state index in [0.29, 0.717) is 17.2 Å². The van der Waals surface area contributed by atoms with Gasteiger partial charge in [-0.05, 0) is 18.2 Å². The number of benzene rings is 1. The molecule has 0 aliphatic heterocycles. The second-order valence-corrected chi connectivity index (χ2v) is 3.54. The fourth-order valence-corrected chi connectivity index (χ4v) is 1.43. The number of nitriles is 1. The Kier molecular flexibility index (Phi) is 2.66. The third kappa shape index (κ3) is 2.18. The van der Waals surface area contributed by atoms with Crippen molar-refractivity contribution in [2.24, 2.45) is 7.05 Å². The van der Waals surface area contributed by atoms with Crippen molar-refractivity contribution in [2.75, 3.05) is 11.1 Å². The maximum atomic E-state index is 13.1. The van der Waals surface area contributed by atoms with Gasteiger partial charge in [-0.3, -0.25) is 4.68 Å². The van der Waals surface area contributed by atoms with E-state index in [2.05, 4.69) is 10.4 Å². The zero-order valence-corrected chi connectivity index (χ0v) is 9.11. The van der Waals surface area contributed by atoms with Gasteiger partial charge in [0.05, 0.1) is 11.3 Å². The highest BCUT2D eigenvalue weighted by atomic mass is 19.1. The zero-order chi connectivity index (χ0) is 12.4. The van der Waals surface area contributed by atoms with Crippen LogP contribution in [0.25, 0.3) is 0 Å². The summed E-state index contributed by atoms with van der Waals surface area (Å²) >= 11 is 0. The van der Waals surface area contributed by atoms with E-state index in [4.69, 9.17) is 11.0 Å². The van der Waals surface area contributed by atoms with Crippen LogP contribution in [0.3, 0.4) is 0 Å². The number of hydrogen-bond donors (Lipinski definition) is 2. The Morgan fingerprint density at radius 3 is 2.88 bits per heavy atom. The Labute approximate surface area is 97.3 Å². The van der Waals surface area contributed by atoms with Crippen molar-refractivity contribution in [3.05, 3.63) is 35.8 Å². The predicted octanol–water partition coefficient (Wildman–Crippen LogP) is 1.76. The standard InChI is InChI=1S/C11H10FN5/c1-17-6-10(14)11(16-17)15-8-2-3-9(12)7(4-8)5-13/h2-4,6H,14H2,1H3,(H,15,16). The van der Waals surface area contributed by atoms with Crippen molar-refractivity contribution >= 4 is 17.2 Å². The molecule has 0 bridgehead atoms. The Hall–Kier alpha value is -2.55. The van der Waals surface area contributed by atoms with E-state index in [0.717, 1.165) is 0 Å². The molecule has 0 aliphatic carbocycles. The minimum Gasteiger partial charge on any atom is -0.394 e. The highest BCUT2D eigenvalue weighted by Gasteiger charge is 2.07. The van der Waals surface area contributed by atoms with Crippen LogP contribution in [0, 0.1) is 17.1 Å². The molecular formula is C11H10FN5. The highest BCUT2D eigenvalue weighted by molar-refractivity contribution is 5.68. The van der Waals surface area contributed by atoms with Gasteiger partial charge < -0.3 is 11.1 Å². The number of nitrogen functional groups attached to an aromatic ring is 1. The molecule has 2 rings (SSSR count). The van der Waals surface area contributed by atoms with Gasteiger partial charge in [0.2, 0.25) is 0 Å². The largest absolute Gasteiger partial charge is 0.394 e. The number of nitrogens with zero attached hydrogens (tertiary/aromatic N) is 3. The lowest BCUT2D eigenvalue weighted by Crippen LogP contribution is -1.97. The summed E-state index contributed by atoms with van der Waals surface area (Å²) in [6, 6.07) is 5.92. The summed E-state index contributed by atoms with van der Waals surface area (Å²) in [5, 5.41) is 15.7. The van der Waals surface area contributed by atoms with Crippen LogP contribution in [0.2, 0.25) is 0 Å². The molecule has 0 saturated heterocycles. The van der Waals surface area contributed by atoms with Crippen LogP contribution in [0.5, 0.6) is 0 Å². The second-order valence-electron chi connectivity index (χ2n) is 3.54. The molecule has 86 valence electrons. The molecule has 1 aromatic carbocycles. The van der Waals surface area contributed by atoms with Crippen molar-refractivity contribution in [2.45, 2.75) is 0 Å². The first-order chi connectivity index (χ1) is 8.10. The maximum absolute atomic E-state index is 13.1. The molecular weight excluding hydrogens is 221 g/mol. The lowest BCUT2D eigenvalue weighted by Gasteiger charge is -2.04. The average Bonchev–Trinajstić information content (AvgIpc) is 2.60. The van der Waals surface area contributed by atoms with Crippen LogP contribution in [0.4, 0.5) is 21.6 Å². The van der Waals surface area contributed by atoms with Gasteiger partial charge in [-0.25, -0.2) is 4.39 Å². The van der Waals surface area contributed by atoms with E-state index in [-0.39, 0.29) is 5.56 Å². The highest BCUT2D eigenvalue weighted by Crippen LogP contribution is 2.22. The Balaban J connectivity index is 2.31. The molecule has 0 atom stereocenters. The molecule has 1 heterocycles. The topological polar surface area (TPSA) is 79.7 Å². The lowest BCUT2D eigenvalue weighted by molar-refractivity contribution is 0.624. The Morgan fingerprint density at radius 2 is 2.29 bits per heavy atom. The smallest absolute Gasteiger partial charge is 0.175 e. The minimum atomic E-state index is -0.549. The molecule has 0 saturated carbocycles. The van der Waals surface area contributed by atoms with Crippen molar-refractivity contribution in [3.63, 3.8) is 0 Å². The summed E-state index contributed by atoms with van der Waals surface area (Å²) in [7, 11) is 1.74. The Bertz CT molecular complexity index is 596. The number of rotatable bonds is 2. The van der Waals surface area contributed by atoms with Crippen molar-refractivity contribution in [1.29, 1.82) is 5.26 Å². The number of nitrogens with one attached hydrogen (secondary N) is 1. The summed E-state index contributed by atoms with van der Waals surface area (Å²) in [6.07, 6.45) is 1.65. The average molecular weight is 231 g/mol. The van der Waals surface area contributed by atoms with Crippen molar-refractivity contribution in [1.82, 2.24) is 9.78 Å². The molecule has 6 heteroatoms. The number of aromatic nitrogens is 2. The Morgan fingerprint density at radius 1 is 1.53 bits per heavy atom. The summed E-state index contributed by atoms with van der Waals surface area (Å²) in [4.78, 5) is 0. The summed E-state index contributed by atoms with van der Waals surface area (Å²) < 4.78 is 14.7. The van der Waals surface area contributed by atoms with Gasteiger partial charge in [0.1, 0.15) is 11.9 Å². The SMILES string of the molecule is Cn1cc(N)c(Nc2ccc(F)c(C#N)c2)n1. The molecule has 0 spiro atoms. The first-order valence-corrected chi connectivity index (χ1v) is 4.86. The molecule has 5 nitrogen and oxygen atoms in total. The van der Waals surface area contributed by atoms with Crippen LogP contribution in [0.1, 0.15) is 5.56 Å². The fourth-order valence-electron chi connectivity index (χ4n) is 1.43. The van der Waals surface area contributed by atoms with E-state index in [1.165, 1.54) is 18.2 Å². The molecule has 17 heavy (non-hydrogen) atoms. The first kappa shape index (κ1) is 11.0. The third-order valence-electron chi connectivity index (χ3n) is 2.21. The fraction of sp³-hybridized carbons (Fsp3) is 0.0909. The van der Waals surface area contributed by atoms with Gasteiger partial charge >= 0.3 is 0 Å². The molecule has 1 aromatic heterocycles. The van der Waals surface area contributed by atoms with Gasteiger partial charge in [-0.15, -0.1) is 0 Å². The van der Waals surface area contributed by atoms with Crippen LogP contribution in [0.15, 0.2) is 24.4 Å². The zero-order valence-electron chi connectivity index (χ0n) is 9.11. The monoisotopic (exact) mass is 231 g/mol. The van der Waals surface area contributed by atoms with E-state index in [9.17, 15) is 4.39 Å². The van der Waals surface area contributed by atoms with Crippen molar-refractivity contribution in [3.8, 4) is 6.07 Å². The first-order valence-electron chi connectivity index (χ1n) is 4.86. The van der Waals surface area contributed by atoms with E-state index < -0.39 is 5.82 Å². The molecule has 0 aliphatic rings. The summed E-state index contributed by atoms with van der Waals surface area (Å²) in [5.41, 5.74) is 6.73. The summed E-state index contributed by atoms with van der Waals surface area (Å²) in [5.74, 6) is -0.0740. The van der Waals surface area contributed by atoms with Gasteiger partial charge in [-0.2, -0.15) is 10.4 Å². The third-order valence-corrected chi connectivity index (χ3v) is 2.21. The summed E-state index contributed by atoms with van der Waals surface area (Å²) in [6.45, 7) is 0. The molecule has 0 radical (unpaired) electrons. The van der Waals surface area contributed by atoms with Crippen LogP contribution in [-0.4, -0.2) is 9.78 Å². The maximum Gasteiger partial charge on any atom is 0.175 e. The predicted molar refractivity (Wildman–Crippen MR) is 62.0 cm³/mol. The number of hydrogen-bond acceptors (Lipinski definition) is 4. The minimum absolute atomic E-state index is 0.0236. The second kappa shape index (κ2) is 4.14. The number of halogens is 1. The van der Waals surface area contributed by atoms with Crippen molar-refractivity contribution < 1.29 is 4.39 Å². The molecule has 0 fully saturated rings. The number of aryl methyl sites for hydroxylation is 1. The van der Waals surface area contributed by atoms with Gasteiger partial charge in [0.15, 0.2) is 5.82 Å². The van der Waals surface area contributed by atoms with E-state index in [1.807, 2.05) is 0 Å². The number of nitrogens with two attached hydrogens (primary N) is 1. The molecule has 0 amide bonds. The number of anilines is 3. The van der Waals surface area contributed by atoms with Crippen LogP contribution < -0.4 is 11.1 Å². The van der Waals surface area contributed by atoms with Gasteiger partial charge in [-0.1, -0.05) is 0 Å². The van der Waals surface area contributed by atoms with Crippen LogP contribution >= 0.6 is 0 Å². The van der Waals surface area contributed by atoms with E-state index >= 15 is 0 Å².